The van der Waals surface area contributed by atoms with E-state index in [-0.39, 0.29) is 11.9 Å². The van der Waals surface area contributed by atoms with Crippen LogP contribution in [0.4, 0.5) is 0 Å². The number of esters is 1. The van der Waals surface area contributed by atoms with Gasteiger partial charge < -0.3 is 4.74 Å². The molecule has 4 aliphatic rings. The second-order valence-electron chi connectivity index (χ2n) is 11.0. The number of carbonyl (C=O) groups is 1. The van der Waals surface area contributed by atoms with Gasteiger partial charge in [0.2, 0.25) is 0 Å². The van der Waals surface area contributed by atoms with Crippen LogP contribution in [0.1, 0.15) is 60.8 Å². The number of allylic oxidation sites excluding steroid dienone is 2. The highest BCUT2D eigenvalue weighted by molar-refractivity contribution is 5.72. The number of nitrogens with zero attached hydrogens (tertiary/aromatic N) is 2. The Morgan fingerprint density at radius 3 is 2.30 bits per heavy atom. The summed E-state index contributed by atoms with van der Waals surface area (Å²) in [6.07, 6.45) is 11.7. The number of methoxy groups -OCH3 is 1. The van der Waals surface area contributed by atoms with Gasteiger partial charge in [-0.3, -0.25) is 14.6 Å². The lowest BCUT2D eigenvalue weighted by molar-refractivity contribution is -0.147. The van der Waals surface area contributed by atoms with Crippen molar-refractivity contribution >= 4 is 5.97 Å². The fourth-order valence-corrected chi connectivity index (χ4v) is 6.45. The van der Waals surface area contributed by atoms with E-state index in [4.69, 9.17) is 4.74 Å². The first-order valence-corrected chi connectivity index (χ1v) is 12.9. The molecule has 1 aromatic carbocycles. The molecule has 5 rings (SSSR count). The van der Waals surface area contributed by atoms with Crippen LogP contribution >= 0.6 is 0 Å². The van der Waals surface area contributed by atoms with E-state index in [2.05, 4.69) is 60.9 Å². The Labute approximate surface area is 199 Å². The molecule has 0 amide bonds. The van der Waals surface area contributed by atoms with E-state index in [9.17, 15) is 4.79 Å². The van der Waals surface area contributed by atoms with Gasteiger partial charge in [0.25, 0.3) is 0 Å². The maximum absolute atomic E-state index is 11.8. The molecule has 2 aliphatic heterocycles. The molecular formula is C29H40N2O2. The Kier molecular flexibility index (Phi) is 6.50. The summed E-state index contributed by atoms with van der Waals surface area (Å²) in [6.45, 7) is 12.2. The third kappa shape index (κ3) is 4.70. The van der Waals surface area contributed by atoms with E-state index in [0.29, 0.717) is 12.0 Å². The highest BCUT2D eigenvalue weighted by atomic mass is 16.5. The minimum absolute atomic E-state index is 0.0423. The number of carbonyl (C=O) groups excluding carboxylic acids is 1. The van der Waals surface area contributed by atoms with E-state index in [1.54, 1.807) is 5.57 Å². The monoisotopic (exact) mass is 448 g/mol. The quantitative estimate of drug-likeness (QED) is 0.574. The topological polar surface area (TPSA) is 32.8 Å². The van der Waals surface area contributed by atoms with E-state index >= 15 is 0 Å². The SMILES string of the molecule is COC(=O)C1CCN(Cc2c(C)cc(C3CN(C4C(C)=CC=CC4C4CC4)C3)cc2C)CC1. The van der Waals surface area contributed by atoms with E-state index in [0.717, 1.165) is 44.3 Å². The zero-order valence-electron chi connectivity index (χ0n) is 20.8. The number of rotatable bonds is 6. The maximum Gasteiger partial charge on any atom is 0.308 e. The summed E-state index contributed by atoms with van der Waals surface area (Å²) in [4.78, 5) is 17.1. The number of hydrogen-bond donors (Lipinski definition) is 0. The van der Waals surface area contributed by atoms with Crippen LogP contribution in [0.5, 0.6) is 0 Å². The first-order valence-electron chi connectivity index (χ1n) is 12.9. The highest BCUT2D eigenvalue weighted by Crippen LogP contribution is 2.45. The molecule has 2 atom stereocenters. The molecule has 0 aromatic heterocycles. The van der Waals surface area contributed by atoms with Gasteiger partial charge in [0.1, 0.15) is 0 Å². The third-order valence-corrected chi connectivity index (χ3v) is 8.69. The predicted octanol–water partition coefficient (Wildman–Crippen LogP) is 5.00. The molecule has 3 fully saturated rings. The minimum Gasteiger partial charge on any atom is -0.469 e. The Hall–Kier alpha value is -1.91. The molecule has 2 aliphatic carbocycles. The van der Waals surface area contributed by atoms with Crippen molar-refractivity contribution in [2.45, 2.75) is 65.0 Å². The van der Waals surface area contributed by atoms with E-state index in [1.165, 1.54) is 55.3 Å². The smallest absolute Gasteiger partial charge is 0.308 e. The zero-order chi connectivity index (χ0) is 23.1. The van der Waals surface area contributed by atoms with Crippen LogP contribution in [0.25, 0.3) is 0 Å². The lowest BCUT2D eigenvalue weighted by atomic mass is 9.79. The summed E-state index contributed by atoms with van der Waals surface area (Å²) in [6, 6.07) is 5.52. The second kappa shape index (κ2) is 9.38. The molecule has 33 heavy (non-hydrogen) atoms. The lowest BCUT2D eigenvalue weighted by Crippen LogP contribution is -2.54. The van der Waals surface area contributed by atoms with Gasteiger partial charge in [-0.25, -0.2) is 0 Å². The molecule has 178 valence electrons. The van der Waals surface area contributed by atoms with Gasteiger partial charge in [0.15, 0.2) is 0 Å². The molecule has 0 radical (unpaired) electrons. The number of hydrogen-bond acceptors (Lipinski definition) is 4. The first-order chi connectivity index (χ1) is 15.9. The molecule has 4 nitrogen and oxygen atoms in total. The van der Waals surface area contributed by atoms with Crippen LogP contribution < -0.4 is 0 Å². The fraction of sp³-hybridized carbons (Fsp3) is 0.621. The van der Waals surface area contributed by atoms with Crippen molar-refractivity contribution in [1.29, 1.82) is 0 Å². The largest absolute Gasteiger partial charge is 0.469 e. The van der Waals surface area contributed by atoms with Gasteiger partial charge in [-0.2, -0.15) is 0 Å². The van der Waals surface area contributed by atoms with Crippen molar-refractivity contribution in [3.05, 3.63) is 58.2 Å². The molecule has 2 unspecified atom stereocenters. The maximum atomic E-state index is 11.8. The fourth-order valence-electron chi connectivity index (χ4n) is 6.45. The molecule has 0 spiro atoms. The third-order valence-electron chi connectivity index (χ3n) is 8.69. The van der Waals surface area contributed by atoms with Gasteiger partial charge in [-0.1, -0.05) is 35.9 Å². The normalized spacial score (nSPS) is 27.3. The summed E-state index contributed by atoms with van der Waals surface area (Å²) in [7, 11) is 1.50. The lowest BCUT2D eigenvalue weighted by Gasteiger charge is -2.48. The summed E-state index contributed by atoms with van der Waals surface area (Å²) < 4.78 is 4.94. The zero-order valence-corrected chi connectivity index (χ0v) is 20.8. The summed E-state index contributed by atoms with van der Waals surface area (Å²) >= 11 is 0. The van der Waals surface area contributed by atoms with Crippen LogP contribution in [0.3, 0.4) is 0 Å². The van der Waals surface area contributed by atoms with Crippen LogP contribution in [-0.2, 0) is 16.1 Å². The summed E-state index contributed by atoms with van der Waals surface area (Å²) in [5.41, 5.74) is 7.38. The Balaban J connectivity index is 1.20. The average Bonchev–Trinajstić information content (AvgIpc) is 3.61. The Bertz CT molecular complexity index is 923. The molecule has 0 N–H and O–H groups in total. The molecule has 1 saturated carbocycles. The van der Waals surface area contributed by atoms with Crippen molar-refractivity contribution in [3.8, 4) is 0 Å². The summed E-state index contributed by atoms with van der Waals surface area (Å²) in [5.74, 6) is 2.33. The van der Waals surface area contributed by atoms with Crippen LogP contribution in [-0.4, -0.2) is 55.1 Å². The second-order valence-corrected chi connectivity index (χ2v) is 11.0. The van der Waals surface area contributed by atoms with Gasteiger partial charge >= 0.3 is 5.97 Å². The van der Waals surface area contributed by atoms with Crippen molar-refractivity contribution < 1.29 is 9.53 Å². The molecule has 0 bridgehead atoms. The number of ether oxygens (including phenoxy) is 1. The molecule has 4 heteroatoms. The van der Waals surface area contributed by atoms with E-state index < -0.39 is 0 Å². The van der Waals surface area contributed by atoms with Crippen LogP contribution in [0.15, 0.2) is 35.9 Å². The standard InChI is InChI=1S/C29H40N2O2/c1-19-6-5-7-26(22-8-9-22)28(19)31-16-25(17-31)24-14-20(2)27(21(3)15-24)18-30-12-10-23(11-13-30)29(32)33-4/h5-7,14-15,22-23,25-26,28H,8-13,16-18H2,1-4H3. The molecule has 1 aromatic rings. The van der Waals surface area contributed by atoms with Gasteiger partial charge in [0.05, 0.1) is 13.0 Å². The molecule has 2 saturated heterocycles. The van der Waals surface area contributed by atoms with Crippen LogP contribution in [0.2, 0.25) is 0 Å². The Morgan fingerprint density at radius 1 is 1.03 bits per heavy atom. The average molecular weight is 449 g/mol. The van der Waals surface area contributed by atoms with Crippen molar-refractivity contribution in [2.24, 2.45) is 17.8 Å². The Morgan fingerprint density at radius 2 is 1.70 bits per heavy atom. The van der Waals surface area contributed by atoms with Gasteiger partial charge in [-0.05, 0) is 93.6 Å². The number of piperidine rings is 1. The predicted molar refractivity (Wildman–Crippen MR) is 133 cm³/mol. The number of aryl methyl sites for hydroxylation is 2. The van der Waals surface area contributed by atoms with Crippen molar-refractivity contribution in [3.63, 3.8) is 0 Å². The van der Waals surface area contributed by atoms with Gasteiger partial charge in [-0.15, -0.1) is 0 Å². The minimum atomic E-state index is -0.0423. The first kappa shape index (κ1) is 22.9. The number of benzene rings is 1. The summed E-state index contributed by atoms with van der Waals surface area (Å²) in [5, 5.41) is 0. The van der Waals surface area contributed by atoms with Crippen molar-refractivity contribution in [2.75, 3.05) is 33.3 Å². The van der Waals surface area contributed by atoms with Gasteiger partial charge in [0, 0.05) is 31.6 Å². The molecular weight excluding hydrogens is 408 g/mol. The van der Waals surface area contributed by atoms with Crippen molar-refractivity contribution in [1.82, 2.24) is 9.80 Å². The number of likely N-dealkylation sites (tertiary alicyclic amines) is 2. The highest BCUT2D eigenvalue weighted by Gasteiger charge is 2.43. The van der Waals surface area contributed by atoms with Crippen LogP contribution in [0, 0.1) is 31.6 Å². The van der Waals surface area contributed by atoms with E-state index in [1.807, 2.05) is 0 Å². The molecule has 2 heterocycles.